The fraction of sp³-hybridized carbons (Fsp3) is 0.667. The average molecular weight is 139 g/mol. The van der Waals surface area contributed by atoms with E-state index in [0.717, 1.165) is 0 Å². The molecule has 0 unspecified atom stereocenters. The Kier molecular flexibility index (Phi) is 4.01. The topological polar surface area (TPSA) is 23.9 Å². The van der Waals surface area contributed by atoms with Crippen LogP contribution < -0.4 is 0 Å². The molecule has 0 heterocycles. The molecule has 0 rings (SSSR count). The Morgan fingerprint density at radius 3 is 2.40 bits per heavy atom. The molecule has 1 N–H and O–H groups in total. The van der Waals surface area contributed by atoms with Gasteiger partial charge in [0.15, 0.2) is 0 Å². The molecule has 0 fully saturated rings. The lowest BCUT2D eigenvalue weighted by Gasteiger charge is -2.17. The van der Waals surface area contributed by atoms with Crippen LogP contribution in [0.15, 0.2) is 12.2 Å². The molecule has 0 saturated heterocycles. The van der Waals surface area contributed by atoms with Crippen molar-refractivity contribution >= 4 is 6.21 Å². The smallest absolute Gasteiger partial charge is 0.0174 e. The van der Waals surface area contributed by atoms with Gasteiger partial charge in [0.2, 0.25) is 0 Å². The van der Waals surface area contributed by atoms with Crippen molar-refractivity contribution in [2.75, 3.05) is 0 Å². The highest BCUT2D eigenvalue weighted by Crippen LogP contribution is 2.23. The molecule has 0 aliphatic heterocycles. The highest BCUT2D eigenvalue weighted by molar-refractivity contribution is 5.67. The van der Waals surface area contributed by atoms with Crippen LogP contribution in [0, 0.1) is 10.8 Å². The maximum Gasteiger partial charge on any atom is 0.0174 e. The SMILES string of the molecule is CCCC(C)(C)/C=C\C=N. The van der Waals surface area contributed by atoms with E-state index >= 15 is 0 Å². The number of rotatable bonds is 4. The summed E-state index contributed by atoms with van der Waals surface area (Å²) in [7, 11) is 0. The molecule has 1 heteroatoms. The van der Waals surface area contributed by atoms with Crippen LogP contribution in [0.25, 0.3) is 0 Å². The summed E-state index contributed by atoms with van der Waals surface area (Å²) in [5, 5.41) is 6.80. The number of allylic oxidation sites excluding steroid dienone is 2. The highest BCUT2D eigenvalue weighted by atomic mass is 14.3. The van der Waals surface area contributed by atoms with Gasteiger partial charge in [-0.3, -0.25) is 0 Å². The van der Waals surface area contributed by atoms with E-state index in [1.165, 1.54) is 19.1 Å². The van der Waals surface area contributed by atoms with Crippen LogP contribution in [0.2, 0.25) is 0 Å². The molecule has 0 spiro atoms. The summed E-state index contributed by atoms with van der Waals surface area (Å²) < 4.78 is 0. The van der Waals surface area contributed by atoms with Gasteiger partial charge in [-0.1, -0.05) is 33.3 Å². The van der Waals surface area contributed by atoms with Crippen LogP contribution in [-0.4, -0.2) is 6.21 Å². The van der Waals surface area contributed by atoms with Crippen molar-refractivity contribution in [3.8, 4) is 0 Å². The van der Waals surface area contributed by atoms with Crippen LogP contribution >= 0.6 is 0 Å². The summed E-state index contributed by atoms with van der Waals surface area (Å²) >= 11 is 0. The standard InChI is InChI=1S/C9H17N/c1-4-6-9(2,3)7-5-8-10/h5,7-8,10H,4,6H2,1-3H3/b7-5-,10-8?. The van der Waals surface area contributed by atoms with E-state index in [9.17, 15) is 0 Å². The van der Waals surface area contributed by atoms with Gasteiger partial charge >= 0.3 is 0 Å². The molecule has 1 nitrogen and oxygen atoms in total. The Morgan fingerprint density at radius 1 is 1.40 bits per heavy atom. The average Bonchev–Trinajstić information content (AvgIpc) is 1.84. The van der Waals surface area contributed by atoms with E-state index in [-0.39, 0.29) is 5.41 Å². The van der Waals surface area contributed by atoms with E-state index in [2.05, 4.69) is 26.8 Å². The first kappa shape index (κ1) is 9.41. The molecule has 0 aromatic rings. The number of hydrogen-bond acceptors (Lipinski definition) is 1. The molecular weight excluding hydrogens is 122 g/mol. The molecule has 58 valence electrons. The Balaban J connectivity index is 3.84. The van der Waals surface area contributed by atoms with E-state index < -0.39 is 0 Å². The minimum Gasteiger partial charge on any atom is -0.309 e. The molecule has 0 bridgehead atoms. The summed E-state index contributed by atoms with van der Waals surface area (Å²) in [4.78, 5) is 0. The molecule has 0 aliphatic carbocycles. The second-order valence-electron chi connectivity index (χ2n) is 3.26. The third-order valence-corrected chi connectivity index (χ3v) is 1.54. The third kappa shape index (κ3) is 4.30. The summed E-state index contributed by atoms with van der Waals surface area (Å²) in [6.07, 6.45) is 7.61. The second-order valence-corrected chi connectivity index (χ2v) is 3.26. The molecule has 0 amide bonds. The maximum atomic E-state index is 6.80. The second kappa shape index (κ2) is 4.26. The fourth-order valence-electron chi connectivity index (χ4n) is 1.04. The van der Waals surface area contributed by atoms with Gasteiger partial charge in [-0.05, 0) is 17.9 Å². The van der Waals surface area contributed by atoms with Crippen LogP contribution in [0.4, 0.5) is 0 Å². The molecule has 0 atom stereocenters. The molecule has 0 saturated carbocycles. The molecule has 10 heavy (non-hydrogen) atoms. The first-order valence-electron chi connectivity index (χ1n) is 3.80. The van der Waals surface area contributed by atoms with Crippen molar-refractivity contribution in [3.05, 3.63) is 12.2 Å². The fourth-order valence-corrected chi connectivity index (χ4v) is 1.04. The van der Waals surface area contributed by atoms with Gasteiger partial charge in [-0.25, -0.2) is 0 Å². The van der Waals surface area contributed by atoms with Crippen LogP contribution in [0.1, 0.15) is 33.6 Å². The summed E-state index contributed by atoms with van der Waals surface area (Å²) in [5.41, 5.74) is 0.270. The van der Waals surface area contributed by atoms with Crippen LogP contribution in [0.3, 0.4) is 0 Å². The summed E-state index contributed by atoms with van der Waals surface area (Å²) in [6.45, 7) is 6.56. The van der Waals surface area contributed by atoms with Gasteiger partial charge in [0, 0.05) is 6.21 Å². The molecule has 0 aromatic carbocycles. The van der Waals surface area contributed by atoms with Crippen molar-refractivity contribution in [3.63, 3.8) is 0 Å². The Morgan fingerprint density at radius 2 is 2.00 bits per heavy atom. The predicted molar refractivity (Wildman–Crippen MR) is 46.6 cm³/mol. The van der Waals surface area contributed by atoms with E-state index in [0.29, 0.717) is 0 Å². The highest BCUT2D eigenvalue weighted by Gasteiger charge is 2.10. The lowest BCUT2D eigenvalue weighted by Crippen LogP contribution is -2.05. The monoisotopic (exact) mass is 139 g/mol. The number of nitrogens with one attached hydrogen (secondary N) is 1. The van der Waals surface area contributed by atoms with E-state index in [1.807, 2.05) is 0 Å². The van der Waals surface area contributed by atoms with E-state index in [1.54, 1.807) is 6.08 Å². The largest absolute Gasteiger partial charge is 0.309 e. The lowest BCUT2D eigenvalue weighted by molar-refractivity contribution is 0.432. The van der Waals surface area contributed by atoms with Gasteiger partial charge in [-0.2, -0.15) is 0 Å². The Labute approximate surface area is 63.7 Å². The molecule has 0 aromatic heterocycles. The first-order chi connectivity index (χ1) is 4.62. The van der Waals surface area contributed by atoms with Crippen molar-refractivity contribution in [1.82, 2.24) is 0 Å². The van der Waals surface area contributed by atoms with Crippen molar-refractivity contribution in [2.45, 2.75) is 33.6 Å². The Bertz CT molecular complexity index is 123. The zero-order chi connectivity index (χ0) is 8.04. The first-order valence-corrected chi connectivity index (χ1v) is 3.80. The number of hydrogen-bond donors (Lipinski definition) is 1. The normalized spacial score (nSPS) is 12.3. The van der Waals surface area contributed by atoms with Gasteiger partial charge in [-0.15, -0.1) is 0 Å². The van der Waals surface area contributed by atoms with Gasteiger partial charge in [0.1, 0.15) is 0 Å². The quantitative estimate of drug-likeness (QED) is 0.579. The third-order valence-electron chi connectivity index (χ3n) is 1.54. The van der Waals surface area contributed by atoms with Crippen molar-refractivity contribution in [1.29, 1.82) is 5.41 Å². The maximum absolute atomic E-state index is 6.80. The zero-order valence-corrected chi connectivity index (χ0v) is 7.15. The van der Waals surface area contributed by atoms with Crippen molar-refractivity contribution in [2.24, 2.45) is 5.41 Å². The minimum atomic E-state index is 0.270. The van der Waals surface area contributed by atoms with Crippen LogP contribution in [0.5, 0.6) is 0 Å². The van der Waals surface area contributed by atoms with E-state index in [4.69, 9.17) is 5.41 Å². The minimum absolute atomic E-state index is 0.270. The van der Waals surface area contributed by atoms with Crippen LogP contribution in [-0.2, 0) is 0 Å². The lowest BCUT2D eigenvalue weighted by atomic mass is 9.88. The molecular formula is C9H17N. The summed E-state index contributed by atoms with van der Waals surface area (Å²) in [5.74, 6) is 0. The Hall–Kier alpha value is -0.590. The van der Waals surface area contributed by atoms with Gasteiger partial charge < -0.3 is 5.41 Å². The zero-order valence-electron chi connectivity index (χ0n) is 7.15. The van der Waals surface area contributed by atoms with Crippen molar-refractivity contribution < 1.29 is 0 Å². The predicted octanol–water partition coefficient (Wildman–Crippen LogP) is 3.02. The van der Waals surface area contributed by atoms with Gasteiger partial charge in [0.05, 0.1) is 0 Å². The summed E-state index contributed by atoms with van der Waals surface area (Å²) in [6, 6.07) is 0. The van der Waals surface area contributed by atoms with Gasteiger partial charge in [0.25, 0.3) is 0 Å². The molecule has 0 radical (unpaired) electrons. The molecule has 0 aliphatic rings.